The zero-order valence-electron chi connectivity index (χ0n) is 17.5. The summed E-state index contributed by atoms with van der Waals surface area (Å²) in [6.45, 7) is 8.99. The third-order valence-electron chi connectivity index (χ3n) is 4.64. The number of nitrogens with zero attached hydrogens (tertiary/aromatic N) is 1. The Labute approximate surface area is 162 Å². The molecular formula is C22H43NO3. The molecule has 0 aliphatic carbocycles. The van der Waals surface area contributed by atoms with Crippen LogP contribution < -0.4 is 0 Å². The molecule has 4 heteroatoms. The molecule has 154 valence electrons. The van der Waals surface area contributed by atoms with E-state index in [4.69, 9.17) is 4.74 Å². The summed E-state index contributed by atoms with van der Waals surface area (Å²) < 4.78 is 5.22. The average Bonchev–Trinajstić information content (AvgIpc) is 2.61. The lowest BCUT2D eigenvalue weighted by Gasteiger charge is -2.25. The summed E-state index contributed by atoms with van der Waals surface area (Å²) in [5, 5.41) is 10.3. The number of carbonyl (C=O) groups is 1. The zero-order chi connectivity index (χ0) is 19.5. The lowest BCUT2D eigenvalue weighted by Crippen LogP contribution is -2.36. The summed E-state index contributed by atoms with van der Waals surface area (Å²) in [5.41, 5.74) is 0. The second kappa shape index (κ2) is 18.9. The molecule has 0 aliphatic heterocycles. The smallest absolute Gasteiger partial charge is 0.330 e. The van der Waals surface area contributed by atoms with Crippen LogP contribution in [0.3, 0.4) is 0 Å². The van der Waals surface area contributed by atoms with E-state index in [1.54, 1.807) is 13.0 Å². The molecule has 1 unspecified atom stereocenters. The number of esters is 1. The summed E-state index contributed by atoms with van der Waals surface area (Å²) >= 11 is 0. The predicted octanol–water partition coefficient (Wildman–Crippen LogP) is 5.10. The third-order valence-corrected chi connectivity index (χ3v) is 4.64. The van der Waals surface area contributed by atoms with E-state index in [2.05, 4.69) is 18.7 Å². The molecule has 0 heterocycles. The second-order valence-corrected chi connectivity index (χ2v) is 7.24. The second-order valence-electron chi connectivity index (χ2n) is 7.24. The van der Waals surface area contributed by atoms with E-state index in [-0.39, 0.29) is 12.1 Å². The van der Waals surface area contributed by atoms with Gasteiger partial charge in [-0.25, -0.2) is 4.79 Å². The Balaban J connectivity index is 4.14. The molecule has 0 aliphatic rings. The van der Waals surface area contributed by atoms with Crippen LogP contribution in [0, 0.1) is 0 Å². The number of aliphatic hydroxyl groups is 1. The van der Waals surface area contributed by atoms with Gasteiger partial charge in [0.25, 0.3) is 0 Å². The SMILES string of the molecule is C/C=C/C(=O)OCCN(CCCCCCCC)CC(O)CCCCCC. The fourth-order valence-corrected chi connectivity index (χ4v) is 3.07. The molecule has 0 rings (SSSR count). The highest BCUT2D eigenvalue weighted by Crippen LogP contribution is 2.09. The Bertz CT molecular complexity index is 344. The third kappa shape index (κ3) is 16.6. The number of unbranched alkanes of at least 4 members (excludes halogenated alkanes) is 8. The fraction of sp³-hybridized carbons (Fsp3) is 0.864. The van der Waals surface area contributed by atoms with Gasteiger partial charge < -0.3 is 9.84 Å². The van der Waals surface area contributed by atoms with Crippen molar-refractivity contribution in [2.75, 3.05) is 26.2 Å². The number of aliphatic hydroxyl groups excluding tert-OH is 1. The molecule has 1 atom stereocenters. The highest BCUT2D eigenvalue weighted by atomic mass is 16.5. The molecule has 0 amide bonds. The van der Waals surface area contributed by atoms with Crippen molar-refractivity contribution in [1.82, 2.24) is 4.90 Å². The minimum Gasteiger partial charge on any atom is -0.461 e. The highest BCUT2D eigenvalue weighted by Gasteiger charge is 2.12. The van der Waals surface area contributed by atoms with E-state index in [9.17, 15) is 9.90 Å². The van der Waals surface area contributed by atoms with Gasteiger partial charge >= 0.3 is 5.97 Å². The average molecular weight is 370 g/mol. The summed E-state index contributed by atoms with van der Waals surface area (Å²) in [5.74, 6) is -0.285. The van der Waals surface area contributed by atoms with Crippen molar-refractivity contribution >= 4 is 5.97 Å². The predicted molar refractivity (Wildman–Crippen MR) is 110 cm³/mol. The first kappa shape index (κ1) is 25.1. The molecule has 0 bridgehead atoms. The van der Waals surface area contributed by atoms with Crippen LogP contribution in [0.25, 0.3) is 0 Å². The maximum absolute atomic E-state index is 11.4. The maximum atomic E-state index is 11.4. The van der Waals surface area contributed by atoms with Gasteiger partial charge in [-0.3, -0.25) is 4.90 Å². The standard InChI is InChI=1S/C22H43NO3/c1-4-7-9-11-12-14-17-23(18-19-26-22(25)15-6-3)20-21(24)16-13-10-8-5-2/h6,15,21,24H,4-5,7-14,16-20H2,1-3H3/b15-6+. The highest BCUT2D eigenvalue weighted by molar-refractivity contribution is 5.81. The molecule has 0 spiro atoms. The first-order valence-electron chi connectivity index (χ1n) is 10.8. The van der Waals surface area contributed by atoms with Crippen molar-refractivity contribution in [2.24, 2.45) is 0 Å². The molecular weight excluding hydrogens is 326 g/mol. The minimum absolute atomic E-state index is 0.279. The lowest BCUT2D eigenvalue weighted by molar-refractivity contribution is -0.138. The van der Waals surface area contributed by atoms with Gasteiger partial charge in [0, 0.05) is 19.2 Å². The van der Waals surface area contributed by atoms with E-state index in [1.807, 2.05) is 0 Å². The van der Waals surface area contributed by atoms with E-state index in [0.29, 0.717) is 19.7 Å². The largest absolute Gasteiger partial charge is 0.461 e. The van der Waals surface area contributed by atoms with Crippen LogP contribution in [-0.2, 0) is 9.53 Å². The van der Waals surface area contributed by atoms with Crippen molar-refractivity contribution in [3.05, 3.63) is 12.2 Å². The summed E-state index contributed by atoms with van der Waals surface area (Å²) in [4.78, 5) is 13.7. The summed E-state index contributed by atoms with van der Waals surface area (Å²) in [6, 6.07) is 0. The van der Waals surface area contributed by atoms with Crippen LogP contribution in [0.4, 0.5) is 0 Å². The first-order chi connectivity index (χ1) is 12.6. The molecule has 0 aromatic rings. The van der Waals surface area contributed by atoms with Crippen LogP contribution in [0.1, 0.15) is 91.4 Å². The Hall–Kier alpha value is -0.870. The Morgan fingerprint density at radius 3 is 2.23 bits per heavy atom. The normalized spacial score (nSPS) is 12.8. The van der Waals surface area contributed by atoms with Crippen LogP contribution in [0.2, 0.25) is 0 Å². The van der Waals surface area contributed by atoms with Crippen molar-refractivity contribution in [3.8, 4) is 0 Å². The molecule has 0 saturated heterocycles. The maximum Gasteiger partial charge on any atom is 0.330 e. The number of hydrogen-bond acceptors (Lipinski definition) is 4. The van der Waals surface area contributed by atoms with E-state index in [1.165, 1.54) is 57.4 Å². The van der Waals surface area contributed by atoms with Gasteiger partial charge in [-0.05, 0) is 26.3 Å². The molecule has 0 aromatic carbocycles. The van der Waals surface area contributed by atoms with Crippen LogP contribution in [0.5, 0.6) is 0 Å². The van der Waals surface area contributed by atoms with Crippen LogP contribution in [-0.4, -0.2) is 48.3 Å². The van der Waals surface area contributed by atoms with Gasteiger partial charge in [-0.1, -0.05) is 77.7 Å². The Kier molecular flexibility index (Phi) is 18.3. The number of rotatable bonds is 18. The van der Waals surface area contributed by atoms with Crippen LogP contribution >= 0.6 is 0 Å². The number of ether oxygens (including phenoxy) is 1. The van der Waals surface area contributed by atoms with Gasteiger partial charge in [0.15, 0.2) is 0 Å². The molecule has 0 saturated carbocycles. The lowest BCUT2D eigenvalue weighted by atomic mass is 10.1. The quantitative estimate of drug-likeness (QED) is 0.207. The van der Waals surface area contributed by atoms with Gasteiger partial charge in [-0.2, -0.15) is 0 Å². The Morgan fingerprint density at radius 2 is 1.58 bits per heavy atom. The van der Waals surface area contributed by atoms with E-state index >= 15 is 0 Å². The van der Waals surface area contributed by atoms with Crippen molar-refractivity contribution in [1.29, 1.82) is 0 Å². The molecule has 26 heavy (non-hydrogen) atoms. The minimum atomic E-state index is -0.285. The summed E-state index contributed by atoms with van der Waals surface area (Å²) in [7, 11) is 0. The van der Waals surface area contributed by atoms with Crippen LogP contribution in [0.15, 0.2) is 12.2 Å². The van der Waals surface area contributed by atoms with Gasteiger partial charge in [-0.15, -0.1) is 0 Å². The van der Waals surface area contributed by atoms with E-state index in [0.717, 1.165) is 25.8 Å². The van der Waals surface area contributed by atoms with E-state index < -0.39 is 0 Å². The monoisotopic (exact) mass is 369 g/mol. The van der Waals surface area contributed by atoms with Crippen molar-refractivity contribution < 1.29 is 14.6 Å². The van der Waals surface area contributed by atoms with Gasteiger partial charge in [0.2, 0.25) is 0 Å². The number of carbonyl (C=O) groups excluding carboxylic acids is 1. The first-order valence-corrected chi connectivity index (χ1v) is 10.8. The molecule has 0 aromatic heterocycles. The topological polar surface area (TPSA) is 49.8 Å². The van der Waals surface area contributed by atoms with Gasteiger partial charge in [0.1, 0.15) is 6.61 Å². The fourth-order valence-electron chi connectivity index (χ4n) is 3.07. The molecule has 1 N–H and O–H groups in total. The molecule has 0 fully saturated rings. The summed E-state index contributed by atoms with van der Waals surface area (Å²) in [6.07, 6.45) is 16.1. The Morgan fingerprint density at radius 1 is 0.962 bits per heavy atom. The van der Waals surface area contributed by atoms with Crippen molar-refractivity contribution in [3.63, 3.8) is 0 Å². The molecule has 0 radical (unpaired) electrons. The van der Waals surface area contributed by atoms with Crippen molar-refractivity contribution in [2.45, 2.75) is 97.5 Å². The number of hydrogen-bond donors (Lipinski definition) is 1. The van der Waals surface area contributed by atoms with Gasteiger partial charge in [0.05, 0.1) is 6.10 Å². The molecule has 4 nitrogen and oxygen atoms in total. The number of allylic oxidation sites excluding steroid dienone is 1. The zero-order valence-corrected chi connectivity index (χ0v) is 17.5.